The van der Waals surface area contributed by atoms with Crippen LogP contribution in [0.15, 0.2) is 90.0 Å². The molecule has 0 saturated heterocycles. The number of rotatable bonds is 4. The van der Waals surface area contributed by atoms with Crippen LogP contribution in [0, 0.1) is 0 Å². The Kier molecular flexibility index (Phi) is 5.71. The molecule has 4 rings (SSSR count). The molecule has 1 saturated carbocycles. The number of carbonyl (C=O) groups excluding carboxylic acids is 1. The van der Waals surface area contributed by atoms with Crippen LogP contribution in [0.5, 0.6) is 5.75 Å². The van der Waals surface area contributed by atoms with E-state index in [0.717, 1.165) is 47.3 Å². The van der Waals surface area contributed by atoms with Gasteiger partial charge in [-0.15, -0.1) is 0 Å². The monoisotopic (exact) mass is 380 g/mol. The molecule has 0 bridgehead atoms. The first-order valence-corrected chi connectivity index (χ1v) is 9.98. The van der Waals surface area contributed by atoms with E-state index in [0.29, 0.717) is 0 Å². The predicted molar refractivity (Wildman–Crippen MR) is 120 cm³/mol. The van der Waals surface area contributed by atoms with Gasteiger partial charge in [-0.2, -0.15) is 0 Å². The van der Waals surface area contributed by atoms with Crippen LogP contribution in [-0.4, -0.2) is 12.9 Å². The molecule has 0 spiro atoms. The first kappa shape index (κ1) is 18.9. The van der Waals surface area contributed by atoms with Crippen LogP contribution >= 0.6 is 0 Å². The second kappa shape index (κ2) is 8.74. The van der Waals surface area contributed by atoms with Crippen LogP contribution in [-0.2, 0) is 4.79 Å². The van der Waals surface area contributed by atoms with E-state index in [2.05, 4.69) is 36.4 Å². The lowest BCUT2D eigenvalue weighted by molar-refractivity contribution is -0.112. The van der Waals surface area contributed by atoms with Crippen molar-refractivity contribution in [3.05, 3.63) is 101 Å². The average Bonchev–Trinajstić information content (AvgIpc) is 2.78. The number of hydrogen-bond acceptors (Lipinski definition) is 2. The zero-order chi connectivity index (χ0) is 20.1. The summed E-state index contributed by atoms with van der Waals surface area (Å²) in [6.07, 6.45) is 6.71. The normalized spacial score (nSPS) is 16.9. The number of allylic oxidation sites excluding steroid dienone is 2. The lowest BCUT2D eigenvalue weighted by atomic mass is 9.86. The van der Waals surface area contributed by atoms with E-state index in [4.69, 9.17) is 4.74 Å². The number of hydrogen-bond donors (Lipinski definition) is 0. The van der Waals surface area contributed by atoms with Gasteiger partial charge in [-0.3, -0.25) is 4.79 Å². The van der Waals surface area contributed by atoms with E-state index in [1.165, 1.54) is 11.1 Å². The van der Waals surface area contributed by atoms with Crippen molar-refractivity contribution in [3.8, 4) is 16.9 Å². The van der Waals surface area contributed by atoms with Crippen molar-refractivity contribution >= 4 is 17.9 Å². The zero-order valence-corrected chi connectivity index (χ0v) is 16.6. The number of Topliss-reactive ketones (excluding diaryl/α,β-unsaturated/α-hetero) is 1. The largest absolute Gasteiger partial charge is 0.497 e. The number of ether oxygens (including phenoxy) is 1. The first-order valence-electron chi connectivity index (χ1n) is 9.98. The van der Waals surface area contributed by atoms with Crippen molar-refractivity contribution in [2.75, 3.05) is 7.11 Å². The first-order chi connectivity index (χ1) is 14.2. The lowest BCUT2D eigenvalue weighted by Gasteiger charge is -2.16. The summed E-state index contributed by atoms with van der Waals surface area (Å²) >= 11 is 0. The van der Waals surface area contributed by atoms with E-state index in [1.54, 1.807) is 7.11 Å². The maximum Gasteiger partial charge on any atom is 0.185 e. The van der Waals surface area contributed by atoms with Crippen LogP contribution in [0.1, 0.15) is 30.4 Å². The van der Waals surface area contributed by atoms with Gasteiger partial charge in [0.2, 0.25) is 0 Å². The molecular formula is C27H24O2. The van der Waals surface area contributed by atoms with Gasteiger partial charge < -0.3 is 4.74 Å². The second-order valence-electron chi connectivity index (χ2n) is 7.28. The minimum Gasteiger partial charge on any atom is -0.497 e. The molecule has 0 atom stereocenters. The quantitative estimate of drug-likeness (QED) is 0.478. The third kappa shape index (κ3) is 4.55. The molecule has 1 aliphatic carbocycles. The van der Waals surface area contributed by atoms with Gasteiger partial charge in [-0.25, -0.2) is 0 Å². The molecule has 0 amide bonds. The summed E-state index contributed by atoms with van der Waals surface area (Å²) in [4.78, 5) is 13.0. The fraction of sp³-hybridized carbons (Fsp3) is 0.148. The molecule has 2 nitrogen and oxygen atoms in total. The zero-order valence-electron chi connectivity index (χ0n) is 16.6. The Bertz CT molecular complexity index is 1040. The predicted octanol–water partition coefficient (Wildman–Crippen LogP) is 6.58. The SMILES string of the molecule is COc1ccc(C=C2CCCC(=Cc3ccc(-c4ccccc4)cc3)C2=O)cc1. The van der Waals surface area contributed by atoms with Crippen molar-refractivity contribution in [1.29, 1.82) is 0 Å². The Morgan fingerprint density at radius 2 is 1.21 bits per heavy atom. The summed E-state index contributed by atoms with van der Waals surface area (Å²) in [6, 6.07) is 26.5. The van der Waals surface area contributed by atoms with Crippen LogP contribution in [0.2, 0.25) is 0 Å². The van der Waals surface area contributed by atoms with Crippen LogP contribution < -0.4 is 4.74 Å². The minimum atomic E-state index is 0.166. The number of carbonyl (C=O) groups is 1. The molecule has 2 heteroatoms. The van der Waals surface area contributed by atoms with Gasteiger partial charge in [0, 0.05) is 11.1 Å². The number of benzene rings is 3. The molecule has 0 N–H and O–H groups in total. The van der Waals surface area contributed by atoms with E-state index in [-0.39, 0.29) is 5.78 Å². The van der Waals surface area contributed by atoms with Crippen molar-refractivity contribution in [3.63, 3.8) is 0 Å². The molecule has 0 unspecified atom stereocenters. The van der Waals surface area contributed by atoms with Crippen molar-refractivity contribution in [2.24, 2.45) is 0 Å². The smallest absolute Gasteiger partial charge is 0.185 e. The molecule has 0 heterocycles. The molecule has 1 fully saturated rings. The highest BCUT2D eigenvalue weighted by atomic mass is 16.5. The molecule has 3 aromatic rings. The Morgan fingerprint density at radius 3 is 1.76 bits per heavy atom. The Hall–Kier alpha value is -3.39. The molecule has 3 aromatic carbocycles. The molecule has 1 aliphatic rings. The van der Waals surface area contributed by atoms with Crippen LogP contribution in [0.25, 0.3) is 23.3 Å². The van der Waals surface area contributed by atoms with E-state index in [9.17, 15) is 4.79 Å². The maximum absolute atomic E-state index is 13.0. The molecule has 0 aromatic heterocycles. The summed E-state index contributed by atoms with van der Waals surface area (Å²) in [6.45, 7) is 0. The third-order valence-corrected chi connectivity index (χ3v) is 5.29. The highest BCUT2D eigenvalue weighted by Gasteiger charge is 2.20. The summed E-state index contributed by atoms with van der Waals surface area (Å²) in [5.41, 5.74) is 6.26. The highest BCUT2D eigenvalue weighted by molar-refractivity contribution is 6.14. The fourth-order valence-electron chi connectivity index (χ4n) is 3.68. The highest BCUT2D eigenvalue weighted by Crippen LogP contribution is 2.29. The van der Waals surface area contributed by atoms with Crippen LogP contribution in [0.3, 0.4) is 0 Å². The average molecular weight is 380 g/mol. The van der Waals surface area contributed by atoms with Crippen LogP contribution in [0.4, 0.5) is 0 Å². The maximum atomic E-state index is 13.0. The summed E-state index contributed by atoms with van der Waals surface area (Å²) in [5, 5.41) is 0. The van der Waals surface area contributed by atoms with E-state index >= 15 is 0 Å². The van der Waals surface area contributed by atoms with Gasteiger partial charge in [-0.05, 0) is 65.8 Å². The van der Waals surface area contributed by atoms with Gasteiger partial charge in [0.25, 0.3) is 0 Å². The fourth-order valence-corrected chi connectivity index (χ4v) is 3.68. The summed E-state index contributed by atoms with van der Waals surface area (Å²) < 4.78 is 5.20. The second-order valence-corrected chi connectivity index (χ2v) is 7.28. The number of methoxy groups -OCH3 is 1. The molecule has 144 valence electrons. The molecule has 0 radical (unpaired) electrons. The third-order valence-electron chi connectivity index (χ3n) is 5.29. The van der Waals surface area contributed by atoms with E-state index < -0.39 is 0 Å². The lowest BCUT2D eigenvalue weighted by Crippen LogP contribution is -2.12. The van der Waals surface area contributed by atoms with Gasteiger partial charge in [0.1, 0.15) is 5.75 Å². The van der Waals surface area contributed by atoms with E-state index in [1.807, 2.05) is 54.6 Å². The van der Waals surface area contributed by atoms with Crippen molar-refractivity contribution in [1.82, 2.24) is 0 Å². The number of ketones is 1. The molecule has 0 aliphatic heterocycles. The molecule has 29 heavy (non-hydrogen) atoms. The Labute approximate surface area is 172 Å². The van der Waals surface area contributed by atoms with Gasteiger partial charge in [-0.1, -0.05) is 66.7 Å². The van der Waals surface area contributed by atoms with Gasteiger partial charge in [0.05, 0.1) is 7.11 Å². The molecular weight excluding hydrogens is 356 g/mol. The summed E-state index contributed by atoms with van der Waals surface area (Å²) in [7, 11) is 1.65. The topological polar surface area (TPSA) is 26.3 Å². The van der Waals surface area contributed by atoms with Crippen molar-refractivity contribution < 1.29 is 9.53 Å². The van der Waals surface area contributed by atoms with Gasteiger partial charge in [0.15, 0.2) is 5.78 Å². The Morgan fingerprint density at radius 1 is 0.690 bits per heavy atom. The Balaban J connectivity index is 1.54. The standard InChI is InChI=1S/C27H24O2/c1-29-26-16-12-21(13-17-26)19-25-9-5-8-24(27(25)28)18-20-10-14-23(15-11-20)22-6-3-2-4-7-22/h2-4,6-7,10-19H,5,8-9H2,1H3. The summed E-state index contributed by atoms with van der Waals surface area (Å²) in [5.74, 6) is 0.987. The van der Waals surface area contributed by atoms with Crippen molar-refractivity contribution in [2.45, 2.75) is 19.3 Å². The minimum absolute atomic E-state index is 0.166. The van der Waals surface area contributed by atoms with Gasteiger partial charge >= 0.3 is 0 Å².